The molecule has 1 atom stereocenters. The number of benzene rings is 1. The van der Waals surface area contributed by atoms with Gasteiger partial charge in [-0.1, -0.05) is 43.5 Å². The number of nitrogens with zero attached hydrogens (tertiary/aromatic N) is 3. The van der Waals surface area contributed by atoms with Gasteiger partial charge in [-0.3, -0.25) is 14.7 Å². The van der Waals surface area contributed by atoms with Crippen molar-refractivity contribution < 1.29 is 14.3 Å². The lowest BCUT2D eigenvalue weighted by atomic mass is 9.85. The first kappa shape index (κ1) is 23.3. The summed E-state index contributed by atoms with van der Waals surface area (Å²) in [4.78, 5) is 34.1. The Kier molecular flexibility index (Phi) is 7.01. The van der Waals surface area contributed by atoms with E-state index >= 15 is 0 Å². The van der Waals surface area contributed by atoms with Gasteiger partial charge in [-0.15, -0.1) is 0 Å². The van der Waals surface area contributed by atoms with E-state index in [9.17, 15) is 9.59 Å². The number of para-hydroxylation sites is 1. The Labute approximate surface area is 196 Å². The predicted octanol–water partition coefficient (Wildman–Crippen LogP) is 5.67. The summed E-state index contributed by atoms with van der Waals surface area (Å²) < 4.78 is 5.50. The van der Waals surface area contributed by atoms with Gasteiger partial charge >= 0.3 is 6.09 Å². The average molecular weight is 450 g/mol. The molecular formula is C27H35N3O3. The molecule has 1 aromatic carbocycles. The van der Waals surface area contributed by atoms with Gasteiger partial charge in [0.15, 0.2) is 0 Å². The van der Waals surface area contributed by atoms with Crippen LogP contribution in [0.15, 0.2) is 48.7 Å². The minimum absolute atomic E-state index is 0.100. The molecule has 6 heteroatoms. The highest BCUT2D eigenvalue weighted by atomic mass is 16.6. The van der Waals surface area contributed by atoms with Crippen LogP contribution in [-0.4, -0.2) is 40.1 Å². The molecule has 1 aliphatic carbocycles. The highest BCUT2D eigenvalue weighted by Crippen LogP contribution is 2.32. The van der Waals surface area contributed by atoms with E-state index in [-0.39, 0.29) is 5.91 Å². The highest BCUT2D eigenvalue weighted by molar-refractivity contribution is 5.99. The third kappa shape index (κ3) is 5.73. The maximum atomic E-state index is 13.6. The zero-order valence-electron chi connectivity index (χ0n) is 20.0. The van der Waals surface area contributed by atoms with E-state index in [1.165, 1.54) is 42.6 Å². The fraction of sp³-hybridized carbons (Fsp3) is 0.519. The predicted molar refractivity (Wildman–Crippen MR) is 129 cm³/mol. The van der Waals surface area contributed by atoms with Crippen LogP contribution in [-0.2, 0) is 16.1 Å². The van der Waals surface area contributed by atoms with Gasteiger partial charge in [0.25, 0.3) is 0 Å². The van der Waals surface area contributed by atoms with Crippen LogP contribution in [0.5, 0.6) is 0 Å². The highest BCUT2D eigenvalue weighted by Gasteiger charge is 2.42. The van der Waals surface area contributed by atoms with Crippen molar-refractivity contribution in [2.45, 2.75) is 83.4 Å². The average Bonchev–Trinajstić information content (AvgIpc) is 2.77. The van der Waals surface area contributed by atoms with Crippen LogP contribution in [0.3, 0.4) is 0 Å². The van der Waals surface area contributed by atoms with Gasteiger partial charge in [-0.2, -0.15) is 0 Å². The molecule has 0 N–H and O–H groups in total. The second kappa shape index (κ2) is 9.94. The molecule has 2 aromatic rings. The molecule has 2 aliphatic rings. The summed E-state index contributed by atoms with van der Waals surface area (Å²) in [7, 11) is 0. The molecule has 1 aliphatic heterocycles. The topological polar surface area (TPSA) is 62.7 Å². The van der Waals surface area contributed by atoms with Crippen molar-refractivity contribution in [2.24, 2.45) is 0 Å². The number of aromatic nitrogens is 1. The summed E-state index contributed by atoms with van der Waals surface area (Å²) in [5.41, 5.74) is 2.35. The van der Waals surface area contributed by atoms with Crippen LogP contribution in [0.25, 0.3) is 0 Å². The lowest BCUT2D eigenvalue weighted by Crippen LogP contribution is -2.59. The fourth-order valence-corrected chi connectivity index (χ4v) is 4.64. The van der Waals surface area contributed by atoms with Gasteiger partial charge in [-0.05, 0) is 69.7 Å². The van der Waals surface area contributed by atoms with E-state index in [0.29, 0.717) is 25.4 Å². The Bertz CT molecular complexity index is 947. The van der Waals surface area contributed by atoms with E-state index in [1.54, 1.807) is 4.90 Å². The Balaban J connectivity index is 1.50. The van der Waals surface area contributed by atoms with Gasteiger partial charge in [0, 0.05) is 18.4 Å². The molecule has 0 bridgehead atoms. The quantitative estimate of drug-likeness (QED) is 0.590. The number of amides is 2. The largest absolute Gasteiger partial charge is 0.444 e. The molecule has 4 rings (SSSR count). The van der Waals surface area contributed by atoms with Gasteiger partial charge in [0.1, 0.15) is 11.6 Å². The molecule has 176 valence electrons. The van der Waals surface area contributed by atoms with Crippen LogP contribution >= 0.6 is 0 Å². The van der Waals surface area contributed by atoms with Crippen molar-refractivity contribution in [1.82, 2.24) is 9.88 Å². The Hall–Kier alpha value is -2.89. The van der Waals surface area contributed by atoms with Gasteiger partial charge < -0.3 is 9.64 Å². The maximum Gasteiger partial charge on any atom is 0.410 e. The summed E-state index contributed by atoms with van der Waals surface area (Å²) in [5.74, 6) is 0.501. The monoisotopic (exact) mass is 449 g/mol. The second-order valence-electron chi connectivity index (χ2n) is 10.2. The number of likely N-dealkylation sites (tertiary alicyclic amines) is 1. The minimum atomic E-state index is -0.594. The summed E-state index contributed by atoms with van der Waals surface area (Å²) in [6.07, 6.45) is 8.56. The summed E-state index contributed by atoms with van der Waals surface area (Å²) in [5, 5.41) is 0. The number of hydrogen-bond donors (Lipinski definition) is 0. The molecule has 33 heavy (non-hydrogen) atoms. The molecule has 1 aromatic heterocycles. The lowest BCUT2D eigenvalue weighted by Gasteiger charge is -2.42. The SMILES string of the molecule is CC(C)(C)OC(=O)N1CCC1C(=O)N(Cc1ccc(C2CCCCC2)cn1)c1ccccc1. The summed E-state index contributed by atoms with van der Waals surface area (Å²) in [6, 6.07) is 13.3. The van der Waals surface area contributed by atoms with Crippen LogP contribution in [0.2, 0.25) is 0 Å². The zero-order valence-corrected chi connectivity index (χ0v) is 20.0. The molecule has 2 amide bonds. The molecule has 2 heterocycles. The van der Waals surface area contributed by atoms with Crippen molar-refractivity contribution in [1.29, 1.82) is 0 Å². The number of carbonyl (C=O) groups is 2. The first-order valence-corrected chi connectivity index (χ1v) is 12.1. The van der Waals surface area contributed by atoms with E-state index < -0.39 is 17.7 Å². The first-order valence-electron chi connectivity index (χ1n) is 12.1. The van der Waals surface area contributed by atoms with E-state index in [4.69, 9.17) is 9.72 Å². The molecule has 0 spiro atoms. The van der Waals surface area contributed by atoms with Crippen molar-refractivity contribution in [3.63, 3.8) is 0 Å². The smallest absolute Gasteiger partial charge is 0.410 e. The van der Waals surface area contributed by atoms with E-state index in [1.807, 2.05) is 63.4 Å². The Morgan fingerprint density at radius 2 is 1.76 bits per heavy atom. The number of carbonyl (C=O) groups excluding carboxylic acids is 2. The van der Waals surface area contributed by atoms with Crippen molar-refractivity contribution in [3.8, 4) is 0 Å². The lowest BCUT2D eigenvalue weighted by molar-refractivity contribution is -0.128. The number of pyridine rings is 1. The number of ether oxygens (including phenoxy) is 1. The third-order valence-electron chi connectivity index (χ3n) is 6.51. The van der Waals surface area contributed by atoms with Crippen molar-refractivity contribution in [2.75, 3.05) is 11.4 Å². The van der Waals surface area contributed by atoms with Crippen LogP contribution in [0, 0.1) is 0 Å². The number of hydrogen-bond acceptors (Lipinski definition) is 4. The summed E-state index contributed by atoms with van der Waals surface area (Å²) in [6.45, 7) is 6.40. The second-order valence-corrected chi connectivity index (χ2v) is 10.2. The molecule has 1 saturated heterocycles. The molecular weight excluding hydrogens is 414 g/mol. The molecule has 1 unspecified atom stereocenters. The third-order valence-corrected chi connectivity index (χ3v) is 6.51. The van der Waals surface area contributed by atoms with Gasteiger partial charge in [0.05, 0.1) is 12.2 Å². The van der Waals surface area contributed by atoms with E-state index in [0.717, 1.165) is 11.4 Å². The standard InChI is InChI=1S/C27H35N3O3/c1-27(2,3)33-26(32)29-17-16-24(29)25(31)30(23-12-8-5-9-13-23)19-22-15-14-21(18-28-22)20-10-6-4-7-11-20/h5,8-9,12-15,18,20,24H,4,6-7,10-11,16-17,19H2,1-3H3. The van der Waals surface area contributed by atoms with Crippen molar-refractivity contribution >= 4 is 17.7 Å². The van der Waals surface area contributed by atoms with Gasteiger partial charge in [0.2, 0.25) is 5.91 Å². The Morgan fingerprint density at radius 3 is 2.33 bits per heavy atom. The molecule has 6 nitrogen and oxygen atoms in total. The molecule has 2 fully saturated rings. The normalized spacial score (nSPS) is 19.0. The molecule has 1 saturated carbocycles. The van der Waals surface area contributed by atoms with Crippen LogP contribution < -0.4 is 4.90 Å². The maximum absolute atomic E-state index is 13.6. The Morgan fingerprint density at radius 1 is 1.03 bits per heavy atom. The van der Waals surface area contributed by atoms with E-state index in [2.05, 4.69) is 6.07 Å². The first-order chi connectivity index (χ1) is 15.8. The fourth-order valence-electron chi connectivity index (χ4n) is 4.64. The molecule has 0 radical (unpaired) electrons. The van der Waals surface area contributed by atoms with Crippen LogP contribution in [0.4, 0.5) is 10.5 Å². The zero-order chi connectivity index (χ0) is 23.4. The van der Waals surface area contributed by atoms with Gasteiger partial charge in [-0.25, -0.2) is 4.79 Å². The van der Waals surface area contributed by atoms with Crippen molar-refractivity contribution in [3.05, 3.63) is 59.9 Å². The number of anilines is 1. The number of rotatable bonds is 5. The minimum Gasteiger partial charge on any atom is -0.444 e. The van der Waals surface area contributed by atoms with Crippen LogP contribution in [0.1, 0.15) is 76.5 Å². The summed E-state index contributed by atoms with van der Waals surface area (Å²) >= 11 is 0.